The summed E-state index contributed by atoms with van der Waals surface area (Å²) in [6.45, 7) is -0.623. The van der Waals surface area contributed by atoms with Crippen molar-refractivity contribution >= 4 is 5.78 Å². The standard InChI is InChI=1S/C13H16O4/c1-17-10-2-3-11-9(6-10)4-5-13(7-14,8-15)12(11)16/h2-3,6,14-15H,4-5,7-8H2,1H3. The highest BCUT2D eigenvalue weighted by molar-refractivity contribution is 6.03. The lowest BCUT2D eigenvalue weighted by molar-refractivity contribution is 0.0346. The topological polar surface area (TPSA) is 66.8 Å². The first-order valence-corrected chi connectivity index (χ1v) is 5.60. The monoisotopic (exact) mass is 236 g/mol. The number of hydrogen-bond donors (Lipinski definition) is 2. The molecule has 1 aromatic rings. The SMILES string of the molecule is COc1ccc2c(c1)CCC(CO)(CO)C2=O. The number of carbonyl (C=O) groups is 1. The largest absolute Gasteiger partial charge is 0.497 e. The van der Waals surface area contributed by atoms with Crippen LogP contribution in [-0.4, -0.2) is 36.3 Å². The molecule has 2 rings (SSSR count). The van der Waals surface area contributed by atoms with Crippen molar-refractivity contribution in [2.75, 3.05) is 20.3 Å². The van der Waals surface area contributed by atoms with Crippen LogP contribution in [0.5, 0.6) is 5.75 Å². The lowest BCUT2D eigenvalue weighted by Crippen LogP contribution is -2.42. The van der Waals surface area contributed by atoms with E-state index in [-0.39, 0.29) is 19.0 Å². The molecule has 4 nitrogen and oxygen atoms in total. The highest BCUT2D eigenvalue weighted by Crippen LogP contribution is 2.36. The van der Waals surface area contributed by atoms with Crippen LogP contribution in [0.3, 0.4) is 0 Å². The van der Waals surface area contributed by atoms with Gasteiger partial charge in [0, 0.05) is 5.56 Å². The van der Waals surface area contributed by atoms with Gasteiger partial charge in [-0.05, 0) is 36.6 Å². The van der Waals surface area contributed by atoms with E-state index in [1.165, 1.54) is 0 Å². The van der Waals surface area contributed by atoms with E-state index in [1.807, 2.05) is 6.07 Å². The van der Waals surface area contributed by atoms with Gasteiger partial charge in [0.05, 0.1) is 25.7 Å². The molecular formula is C13H16O4. The summed E-state index contributed by atoms with van der Waals surface area (Å²) in [7, 11) is 1.58. The molecule has 1 aromatic carbocycles. The zero-order valence-electron chi connectivity index (χ0n) is 9.77. The molecule has 2 N–H and O–H groups in total. The molecule has 0 saturated heterocycles. The predicted octanol–water partition coefficient (Wildman–Crippen LogP) is 0.795. The van der Waals surface area contributed by atoms with Crippen molar-refractivity contribution in [2.45, 2.75) is 12.8 Å². The Kier molecular flexibility index (Phi) is 3.17. The first-order valence-electron chi connectivity index (χ1n) is 5.60. The second-order valence-electron chi connectivity index (χ2n) is 4.45. The van der Waals surface area contributed by atoms with Gasteiger partial charge in [-0.2, -0.15) is 0 Å². The number of methoxy groups -OCH3 is 1. The van der Waals surface area contributed by atoms with Gasteiger partial charge in [0.2, 0.25) is 0 Å². The average Bonchev–Trinajstić information content (AvgIpc) is 2.39. The molecule has 0 radical (unpaired) electrons. The van der Waals surface area contributed by atoms with Gasteiger partial charge in [-0.15, -0.1) is 0 Å². The third-order valence-electron chi connectivity index (χ3n) is 3.52. The fraction of sp³-hybridized carbons (Fsp3) is 0.462. The fourth-order valence-corrected chi connectivity index (χ4v) is 2.25. The van der Waals surface area contributed by atoms with Crippen molar-refractivity contribution in [1.82, 2.24) is 0 Å². The van der Waals surface area contributed by atoms with E-state index in [9.17, 15) is 15.0 Å². The summed E-state index contributed by atoms with van der Waals surface area (Å²) in [6.07, 6.45) is 1.14. The van der Waals surface area contributed by atoms with E-state index in [1.54, 1.807) is 19.2 Å². The number of fused-ring (bicyclic) bond motifs is 1. The van der Waals surface area contributed by atoms with Crippen molar-refractivity contribution in [3.05, 3.63) is 29.3 Å². The second-order valence-corrected chi connectivity index (χ2v) is 4.45. The summed E-state index contributed by atoms with van der Waals surface area (Å²) < 4.78 is 5.11. The third kappa shape index (κ3) is 1.83. The van der Waals surface area contributed by atoms with E-state index in [0.717, 1.165) is 11.3 Å². The van der Waals surface area contributed by atoms with Crippen LogP contribution in [0.15, 0.2) is 18.2 Å². The molecule has 0 aromatic heterocycles. The average molecular weight is 236 g/mol. The smallest absolute Gasteiger partial charge is 0.173 e. The van der Waals surface area contributed by atoms with Crippen LogP contribution in [0.1, 0.15) is 22.3 Å². The number of aliphatic hydroxyl groups is 2. The molecule has 0 aliphatic heterocycles. The van der Waals surface area contributed by atoms with Gasteiger partial charge in [-0.3, -0.25) is 4.79 Å². The Bertz CT molecular complexity index is 435. The Labute approximate surface area is 99.8 Å². The normalized spacial score (nSPS) is 17.7. The number of benzene rings is 1. The number of hydrogen-bond acceptors (Lipinski definition) is 4. The summed E-state index contributed by atoms with van der Waals surface area (Å²) in [6, 6.07) is 5.27. The number of carbonyl (C=O) groups excluding carboxylic acids is 1. The highest BCUT2D eigenvalue weighted by Gasteiger charge is 2.41. The summed E-state index contributed by atoms with van der Waals surface area (Å²) >= 11 is 0. The van der Waals surface area contributed by atoms with Gasteiger partial charge in [-0.1, -0.05) is 0 Å². The lowest BCUT2D eigenvalue weighted by atomic mass is 9.71. The molecule has 0 spiro atoms. The number of ketones is 1. The summed E-state index contributed by atoms with van der Waals surface area (Å²) in [5, 5.41) is 18.7. The fourth-order valence-electron chi connectivity index (χ4n) is 2.25. The second kappa shape index (κ2) is 4.47. The summed E-state index contributed by atoms with van der Waals surface area (Å²) in [5.41, 5.74) is 0.494. The van der Waals surface area contributed by atoms with E-state index in [4.69, 9.17) is 4.74 Å². The molecule has 0 amide bonds. The first kappa shape index (κ1) is 12.1. The Morgan fingerprint density at radius 3 is 2.65 bits per heavy atom. The Hall–Kier alpha value is -1.39. The Morgan fingerprint density at radius 2 is 2.06 bits per heavy atom. The van der Waals surface area contributed by atoms with Crippen molar-refractivity contribution in [3.63, 3.8) is 0 Å². The zero-order chi connectivity index (χ0) is 12.5. The van der Waals surface area contributed by atoms with Crippen LogP contribution in [0.25, 0.3) is 0 Å². The molecule has 0 unspecified atom stereocenters. The maximum Gasteiger partial charge on any atom is 0.173 e. The molecular weight excluding hydrogens is 220 g/mol. The van der Waals surface area contributed by atoms with Crippen LogP contribution in [-0.2, 0) is 6.42 Å². The number of aryl methyl sites for hydroxylation is 1. The Balaban J connectivity index is 2.43. The molecule has 92 valence electrons. The molecule has 0 fully saturated rings. The van der Waals surface area contributed by atoms with Crippen LogP contribution in [0, 0.1) is 5.41 Å². The highest BCUT2D eigenvalue weighted by atomic mass is 16.5. The maximum absolute atomic E-state index is 12.2. The minimum Gasteiger partial charge on any atom is -0.497 e. The van der Waals surface area contributed by atoms with Crippen LogP contribution in [0.2, 0.25) is 0 Å². The first-order chi connectivity index (χ1) is 8.16. The molecule has 1 aliphatic rings. The van der Waals surface area contributed by atoms with Gasteiger partial charge in [-0.25, -0.2) is 0 Å². The minimum absolute atomic E-state index is 0.175. The van der Waals surface area contributed by atoms with E-state index in [0.29, 0.717) is 18.4 Å². The van der Waals surface area contributed by atoms with E-state index < -0.39 is 5.41 Å². The molecule has 0 bridgehead atoms. The van der Waals surface area contributed by atoms with Crippen molar-refractivity contribution in [1.29, 1.82) is 0 Å². The number of ether oxygens (including phenoxy) is 1. The maximum atomic E-state index is 12.2. The van der Waals surface area contributed by atoms with E-state index >= 15 is 0 Å². The lowest BCUT2D eigenvalue weighted by Gasteiger charge is -2.33. The van der Waals surface area contributed by atoms with Crippen molar-refractivity contribution < 1.29 is 19.7 Å². The molecule has 1 aliphatic carbocycles. The molecule has 0 saturated carbocycles. The van der Waals surface area contributed by atoms with Gasteiger partial charge in [0.15, 0.2) is 5.78 Å². The van der Waals surface area contributed by atoms with Crippen LogP contribution in [0.4, 0.5) is 0 Å². The quantitative estimate of drug-likeness (QED) is 0.814. The molecule has 17 heavy (non-hydrogen) atoms. The van der Waals surface area contributed by atoms with Gasteiger partial charge >= 0.3 is 0 Å². The third-order valence-corrected chi connectivity index (χ3v) is 3.52. The predicted molar refractivity (Wildman–Crippen MR) is 62.3 cm³/mol. The summed E-state index contributed by atoms with van der Waals surface area (Å²) in [4.78, 5) is 12.2. The summed E-state index contributed by atoms with van der Waals surface area (Å²) in [5.74, 6) is 0.545. The number of rotatable bonds is 3. The number of aliphatic hydroxyl groups excluding tert-OH is 2. The van der Waals surface area contributed by atoms with Gasteiger partial charge in [0.25, 0.3) is 0 Å². The van der Waals surface area contributed by atoms with Gasteiger partial charge in [0.1, 0.15) is 5.75 Å². The molecule has 0 atom stereocenters. The zero-order valence-corrected chi connectivity index (χ0v) is 9.77. The van der Waals surface area contributed by atoms with Crippen molar-refractivity contribution in [2.24, 2.45) is 5.41 Å². The van der Waals surface area contributed by atoms with E-state index in [2.05, 4.69) is 0 Å². The van der Waals surface area contributed by atoms with Gasteiger partial charge < -0.3 is 14.9 Å². The molecule has 0 heterocycles. The number of Topliss-reactive ketones (excluding diaryl/α,β-unsaturated/α-hetero) is 1. The van der Waals surface area contributed by atoms with Crippen molar-refractivity contribution in [3.8, 4) is 5.75 Å². The van der Waals surface area contributed by atoms with Crippen LogP contribution < -0.4 is 4.74 Å². The van der Waals surface area contributed by atoms with Crippen LogP contribution >= 0.6 is 0 Å². The molecule has 4 heteroatoms. The Morgan fingerprint density at radius 1 is 1.35 bits per heavy atom. The minimum atomic E-state index is -1.01.